The maximum absolute atomic E-state index is 6.71. The van der Waals surface area contributed by atoms with Gasteiger partial charge in [-0.2, -0.15) is 0 Å². The lowest BCUT2D eigenvalue weighted by Crippen LogP contribution is -2.11. The van der Waals surface area contributed by atoms with Crippen LogP contribution >= 0.6 is 0 Å². The molecule has 0 unspecified atom stereocenters. The van der Waals surface area contributed by atoms with Gasteiger partial charge in [0.05, 0.1) is 0 Å². The van der Waals surface area contributed by atoms with Crippen LogP contribution in [0.15, 0.2) is 182 Å². The quantitative estimate of drug-likeness (QED) is 0.0982. The largest absolute Gasteiger partial charge is 0.489 e. The fraction of sp³-hybridized carbons (Fsp3) is 0.0769. The third-order valence-electron chi connectivity index (χ3n) is 10.6. The number of rotatable bonds is 11. The van der Waals surface area contributed by atoms with Gasteiger partial charge in [0.2, 0.25) is 0 Å². The summed E-state index contributed by atoms with van der Waals surface area (Å²) in [6.45, 7) is 1.47. The summed E-state index contributed by atoms with van der Waals surface area (Å²) in [5.74, 6) is 3.30. The van der Waals surface area contributed by atoms with Gasteiger partial charge in [0.1, 0.15) is 49.4 Å². The molecular formula is C52H38O4. The van der Waals surface area contributed by atoms with Crippen LogP contribution in [0.3, 0.4) is 0 Å². The van der Waals surface area contributed by atoms with Crippen LogP contribution in [0.4, 0.5) is 0 Å². The van der Waals surface area contributed by atoms with Gasteiger partial charge in [-0.15, -0.1) is 0 Å². The van der Waals surface area contributed by atoms with Gasteiger partial charge in [0, 0.05) is 32.7 Å². The molecule has 0 N–H and O–H groups in total. The van der Waals surface area contributed by atoms with E-state index in [2.05, 4.69) is 182 Å². The Morgan fingerprint density at radius 2 is 0.536 bits per heavy atom. The van der Waals surface area contributed by atoms with Crippen molar-refractivity contribution in [2.45, 2.75) is 0 Å². The van der Waals surface area contributed by atoms with Crippen LogP contribution in [-0.2, 0) is 0 Å². The summed E-state index contributed by atoms with van der Waals surface area (Å²) in [6, 6.07) is 63.3. The molecule has 0 fully saturated rings. The second-order valence-electron chi connectivity index (χ2n) is 14.0. The van der Waals surface area contributed by atoms with Gasteiger partial charge in [0.25, 0.3) is 0 Å². The Morgan fingerprint density at radius 3 is 0.893 bits per heavy atom. The molecule has 10 aromatic rings. The molecule has 0 aliphatic heterocycles. The highest BCUT2D eigenvalue weighted by molar-refractivity contribution is 6.10. The van der Waals surface area contributed by atoms with E-state index in [9.17, 15) is 0 Å². The Bertz CT molecular complexity index is 2740. The van der Waals surface area contributed by atoms with Crippen LogP contribution in [0.1, 0.15) is 0 Å². The van der Waals surface area contributed by atoms with E-state index < -0.39 is 0 Å². The SMILES string of the molecule is c1ccc2c(-c3c(OCCOc4c5ccccc5cc5ccccc45)ccc4ccccc34)c(OCCOc3c4ccccc4cc4ccccc34)ccc2c1. The molecule has 0 bridgehead atoms. The lowest BCUT2D eigenvalue weighted by molar-refractivity contribution is 0.219. The Hall–Kier alpha value is -7.04. The molecule has 270 valence electrons. The van der Waals surface area contributed by atoms with Crippen molar-refractivity contribution in [3.05, 3.63) is 182 Å². The molecule has 0 atom stereocenters. The minimum atomic E-state index is 0.358. The first-order valence-electron chi connectivity index (χ1n) is 19.2. The van der Waals surface area contributed by atoms with Crippen LogP contribution in [0.25, 0.3) is 75.8 Å². The zero-order valence-electron chi connectivity index (χ0n) is 30.8. The summed E-state index contributed by atoms with van der Waals surface area (Å²) < 4.78 is 26.6. The van der Waals surface area contributed by atoms with Crippen LogP contribution < -0.4 is 18.9 Å². The fourth-order valence-electron chi connectivity index (χ4n) is 8.10. The van der Waals surface area contributed by atoms with E-state index in [0.29, 0.717) is 26.4 Å². The molecule has 0 saturated heterocycles. The predicted molar refractivity (Wildman–Crippen MR) is 232 cm³/mol. The summed E-state index contributed by atoms with van der Waals surface area (Å²) in [5.41, 5.74) is 1.98. The van der Waals surface area contributed by atoms with E-state index in [-0.39, 0.29) is 0 Å². The molecule has 0 aliphatic carbocycles. The van der Waals surface area contributed by atoms with Crippen molar-refractivity contribution in [3.8, 4) is 34.1 Å². The summed E-state index contributed by atoms with van der Waals surface area (Å²) in [7, 11) is 0. The third kappa shape index (κ3) is 6.15. The van der Waals surface area contributed by atoms with Crippen molar-refractivity contribution >= 4 is 64.6 Å². The van der Waals surface area contributed by atoms with Crippen LogP contribution in [0, 0.1) is 0 Å². The van der Waals surface area contributed by atoms with Crippen molar-refractivity contribution < 1.29 is 18.9 Å². The van der Waals surface area contributed by atoms with Crippen LogP contribution in [0.2, 0.25) is 0 Å². The Balaban J connectivity index is 0.973. The van der Waals surface area contributed by atoms with Gasteiger partial charge < -0.3 is 18.9 Å². The standard InChI is InChI=1S/C52H38O4/c1-7-19-41-35(13-1)25-27-47(53-29-31-55-51-43-21-9-3-15-37(43)33-38-16-4-10-22-44(38)51)49(41)50-42-20-8-2-14-36(42)26-28-48(50)54-30-32-56-52-45-23-11-5-17-39(45)34-40-18-6-12-24-46(40)52/h1-28,33-34H,29-32H2. The number of benzene rings is 10. The summed E-state index contributed by atoms with van der Waals surface area (Å²) in [6.07, 6.45) is 0. The predicted octanol–water partition coefficient (Wildman–Crippen LogP) is 13.2. The molecule has 10 aromatic carbocycles. The molecule has 0 radical (unpaired) electrons. The topological polar surface area (TPSA) is 36.9 Å². The Morgan fingerprint density at radius 1 is 0.250 bits per heavy atom. The number of hydrogen-bond acceptors (Lipinski definition) is 4. The molecule has 10 rings (SSSR count). The maximum atomic E-state index is 6.71. The van der Waals surface area contributed by atoms with Gasteiger partial charge in [-0.1, -0.05) is 158 Å². The van der Waals surface area contributed by atoms with Crippen LogP contribution in [0.5, 0.6) is 23.0 Å². The maximum Gasteiger partial charge on any atom is 0.135 e. The first kappa shape index (κ1) is 33.5. The molecule has 0 spiro atoms. The molecule has 0 aliphatic rings. The van der Waals surface area contributed by atoms with E-state index >= 15 is 0 Å². The first-order chi connectivity index (χ1) is 27.8. The highest BCUT2D eigenvalue weighted by atomic mass is 16.5. The van der Waals surface area contributed by atoms with E-state index in [4.69, 9.17) is 18.9 Å². The van der Waals surface area contributed by atoms with Crippen LogP contribution in [-0.4, -0.2) is 26.4 Å². The lowest BCUT2D eigenvalue weighted by atomic mass is 9.92. The van der Waals surface area contributed by atoms with Crippen molar-refractivity contribution in [2.24, 2.45) is 0 Å². The molecular weight excluding hydrogens is 689 g/mol. The highest BCUT2D eigenvalue weighted by Crippen LogP contribution is 2.46. The van der Waals surface area contributed by atoms with Gasteiger partial charge in [0.15, 0.2) is 0 Å². The van der Waals surface area contributed by atoms with Gasteiger partial charge in [-0.25, -0.2) is 0 Å². The van der Waals surface area contributed by atoms with Gasteiger partial charge in [-0.05, 0) is 67.4 Å². The molecule has 56 heavy (non-hydrogen) atoms. The number of hydrogen-bond donors (Lipinski definition) is 0. The van der Waals surface area contributed by atoms with Gasteiger partial charge in [-0.3, -0.25) is 0 Å². The average molecular weight is 727 g/mol. The molecule has 0 amide bonds. The van der Waals surface area contributed by atoms with E-state index in [1.165, 1.54) is 0 Å². The van der Waals surface area contributed by atoms with Crippen molar-refractivity contribution in [3.63, 3.8) is 0 Å². The van der Waals surface area contributed by atoms with Crippen molar-refractivity contribution in [2.75, 3.05) is 26.4 Å². The lowest BCUT2D eigenvalue weighted by Gasteiger charge is -2.20. The molecule has 4 heteroatoms. The minimum Gasteiger partial charge on any atom is -0.489 e. The second kappa shape index (κ2) is 14.7. The second-order valence-corrected chi connectivity index (χ2v) is 14.0. The minimum absolute atomic E-state index is 0.358. The summed E-state index contributed by atoms with van der Waals surface area (Å²) in [5, 5.41) is 13.4. The monoisotopic (exact) mass is 726 g/mol. The molecule has 0 heterocycles. The zero-order valence-corrected chi connectivity index (χ0v) is 30.8. The Kier molecular flexibility index (Phi) is 8.77. The molecule has 0 aromatic heterocycles. The normalized spacial score (nSPS) is 11.5. The Labute approximate surface area is 325 Å². The average Bonchev–Trinajstić information content (AvgIpc) is 3.25. The molecule has 0 saturated carbocycles. The number of ether oxygens (including phenoxy) is 4. The third-order valence-corrected chi connectivity index (χ3v) is 10.6. The van der Waals surface area contributed by atoms with Crippen molar-refractivity contribution in [1.29, 1.82) is 0 Å². The first-order valence-corrected chi connectivity index (χ1v) is 19.2. The van der Waals surface area contributed by atoms with E-state index in [1.807, 2.05) is 0 Å². The zero-order chi connectivity index (χ0) is 37.3. The van der Waals surface area contributed by atoms with Gasteiger partial charge >= 0.3 is 0 Å². The fourth-order valence-corrected chi connectivity index (χ4v) is 8.10. The number of fused-ring (bicyclic) bond motifs is 6. The molecule has 4 nitrogen and oxygen atoms in total. The summed E-state index contributed by atoms with van der Waals surface area (Å²) in [4.78, 5) is 0. The van der Waals surface area contributed by atoms with E-state index in [0.717, 1.165) is 98.8 Å². The smallest absolute Gasteiger partial charge is 0.135 e. The summed E-state index contributed by atoms with van der Waals surface area (Å²) >= 11 is 0. The highest BCUT2D eigenvalue weighted by Gasteiger charge is 2.20. The van der Waals surface area contributed by atoms with E-state index in [1.54, 1.807) is 0 Å². The van der Waals surface area contributed by atoms with Crippen molar-refractivity contribution in [1.82, 2.24) is 0 Å².